The van der Waals surface area contributed by atoms with E-state index in [9.17, 15) is 9.59 Å². The fourth-order valence-electron chi connectivity index (χ4n) is 2.30. The van der Waals surface area contributed by atoms with E-state index in [2.05, 4.69) is 4.98 Å². The molecule has 0 aromatic carbocycles. The third-order valence-electron chi connectivity index (χ3n) is 3.29. The van der Waals surface area contributed by atoms with Crippen LogP contribution in [0.5, 0.6) is 0 Å². The number of thiazole rings is 1. The smallest absolute Gasteiger partial charge is 0.326 e. The van der Waals surface area contributed by atoms with Gasteiger partial charge in [0, 0.05) is 17.5 Å². The molecule has 2 aromatic heterocycles. The first-order valence-corrected chi connectivity index (χ1v) is 7.06. The molecule has 1 fully saturated rings. The summed E-state index contributed by atoms with van der Waals surface area (Å²) >= 11 is 1.34. The number of amides is 1. The number of hydrogen-bond acceptors (Lipinski definition) is 5. The number of hydrogen-bond donors (Lipinski definition) is 1. The predicted octanol–water partition coefficient (Wildman–Crippen LogP) is 2.09. The summed E-state index contributed by atoms with van der Waals surface area (Å²) < 4.78 is 4.98. The van der Waals surface area contributed by atoms with Crippen LogP contribution < -0.4 is 0 Å². The second-order valence-electron chi connectivity index (χ2n) is 4.54. The maximum atomic E-state index is 12.3. The number of carbonyl (C=O) groups excluding carboxylic acids is 1. The molecule has 0 aliphatic carbocycles. The van der Waals surface area contributed by atoms with E-state index in [0.717, 1.165) is 5.56 Å². The van der Waals surface area contributed by atoms with Crippen LogP contribution in [0.2, 0.25) is 0 Å². The zero-order chi connectivity index (χ0) is 14.1. The minimum atomic E-state index is -0.957. The number of carboxylic acid groups (broad SMARTS) is 1. The molecule has 20 heavy (non-hydrogen) atoms. The van der Waals surface area contributed by atoms with Crippen LogP contribution in [0, 0.1) is 0 Å². The van der Waals surface area contributed by atoms with Crippen molar-refractivity contribution >= 4 is 23.2 Å². The van der Waals surface area contributed by atoms with Crippen molar-refractivity contribution in [1.29, 1.82) is 0 Å². The van der Waals surface area contributed by atoms with E-state index in [1.807, 2.05) is 0 Å². The van der Waals surface area contributed by atoms with Crippen LogP contribution in [-0.4, -0.2) is 39.5 Å². The topological polar surface area (TPSA) is 83.6 Å². The molecule has 0 saturated carbocycles. The van der Waals surface area contributed by atoms with Gasteiger partial charge in [0.05, 0.1) is 6.26 Å². The first-order valence-electron chi connectivity index (χ1n) is 6.18. The first-order chi connectivity index (χ1) is 9.66. The van der Waals surface area contributed by atoms with Gasteiger partial charge in [0.1, 0.15) is 23.0 Å². The van der Waals surface area contributed by atoms with Gasteiger partial charge in [-0.25, -0.2) is 9.78 Å². The molecule has 0 bridgehead atoms. The molecule has 1 atom stereocenters. The van der Waals surface area contributed by atoms with Gasteiger partial charge in [-0.05, 0) is 18.9 Å². The molecule has 3 rings (SSSR count). The molecule has 7 heteroatoms. The van der Waals surface area contributed by atoms with Crippen molar-refractivity contribution < 1.29 is 19.1 Å². The lowest BCUT2D eigenvalue weighted by molar-refractivity contribution is -0.141. The Morgan fingerprint density at radius 2 is 2.35 bits per heavy atom. The van der Waals surface area contributed by atoms with Gasteiger partial charge < -0.3 is 14.4 Å². The quantitative estimate of drug-likeness (QED) is 0.936. The molecule has 2 aromatic rings. The highest BCUT2D eigenvalue weighted by Crippen LogP contribution is 2.26. The fourth-order valence-corrected chi connectivity index (χ4v) is 3.08. The molecule has 104 valence electrons. The van der Waals surface area contributed by atoms with E-state index in [0.29, 0.717) is 30.1 Å². The van der Waals surface area contributed by atoms with Crippen LogP contribution in [0.3, 0.4) is 0 Å². The van der Waals surface area contributed by atoms with Crippen molar-refractivity contribution in [1.82, 2.24) is 9.88 Å². The van der Waals surface area contributed by atoms with Crippen molar-refractivity contribution in [2.45, 2.75) is 18.9 Å². The van der Waals surface area contributed by atoms with E-state index < -0.39 is 12.0 Å². The number of rotatable bonds is 3. The summed E-state index contributed by atoms with van der Waals surface area (Å²) in [7, 11) is 0. The SMILES string of the molecule is O=C(O)[C@H]1CCCN1C(=O)c1csc(-c2ccoc2)n1. The summed E-state index contributed by atoms with van der Waals surface area (Å²) in [5, 5.41) is 11.5. The lowest BCUT2D eigenvalue weighted by Crippen LogP contribution is -2.40. The monoisotopic (exact) mass is 292 g/mol. The van der Waals surface area contributed by atoms with Crippen molar-refractivity contribution in [2.75, 3.05) is 6.54 Å². The molecule has 1 aliphatic heterocycles. The van der Waals surface area contributed by atoms with Crippen LogP contribution in [0.1, 0.15) is 23.3 Å². The molecule has 0 radical (unpaired) electrons. The largest absolute Gasteiger partial charge is 0.480 e. The second-order valence-corrected chi connectivity index (χ2v) is 5.40. The minimum Gasteiger partial charge on any atom is -0.480 e. The minimum absolute atomic E-state index is 0.291. The molecule has 3 heterocycles. The second kappa shape index (κ2) is 5.09. The normalized spacial score (nSPS) is 18.4. The number of aromatic nitrogens is 1. The third kappa shape index (κ3) is 2.20. The van der Waals surface area contributed by atoms with E-state index in [4.69, 9.17) is 9.52 Å². The van der Waals surface area contributed by atoms with Gasteiger partial charge in [-0.2, -0.15) is 0 Å². The molecule has 0 spiro atoms. The zero-order valence-corrected chi connectivity index (χ0v) is 11.3. The maximum absolute atomic E-state index is 12.3. The Bertz CT molecular complexity index is 635. The Balaban J connectivity index is 1.83. The van der Waals surface area contributed by atoms with Crippen LogP contribution in [0.15, 0.2) is 28.4 Å². The summed E-state index contributed by atoms with van der Waals surface area (Å²) in [4.78, 5) is 29.1. The van der Waals surface area contributed by atoms with Crippen LogP contribution in [0.25, 0.3) is 10.6 Å². The number of carbonyl (C=O) groups is 2. The zero-order valence-electron chi connectivity index (χ0n) is 10.5. The van der Waals surface area contributed by atoms with E-state index >= 15 is 0 Å². The van der Waals surface area contributed by atoms with Crippen molar-refractivity contribution in [3.8, 4) is 10.6 Å². The molecule has 1 saturated heterocycles. The Morgan fingerprint density at radius 3 is 3.05 bits per heavy atom. The van der Waals surface area contributed by atoms with Crippen molar-refractivity contribution in [3.63, 3.8) is 0 Å². The molecule has 1 aliphatic rings. The van der Waals surface area contributed by atoms with E-state index in [1.54, 1.807) is 24.0 Å². The van der Waals surface area contributed by atoms with E-state index in [-0.39, 0.29) is 5.91 Å². The Labute approximate surface area is 118 Å². The number of furan rings is 1. The van der Waals surface area contributed by atoms with E-state index in [1.165, 1.54) is 16.2 Å². The molecule has 1 N–H and O–H groups in total. The van der Waals surface area contributed by atoms with Gasteiger partial charge in [-0.15, -0.1) is 11.3 Å². The summed E-state index contributed by atoms with van der Waals surface area (Å²) in [6.07, 6.45) is 4.31. The highest BCUT2D eigenvalue weighted by Gasteiger charge is 2.35. The number of likely N-dealkylation sites (tertiary alicyclic amines) is 1. The number of aliphatic carboxylic acids is 1. The lowest BCUT2D eigenvalue weighted by Gasteiger charge is -2.20. The molecular formula is C13H12N2O4S. The standard InChI is InChI=1S/C13H12N2O4S/c16-12(15-4-1-2-10(15)13(17)18)9-7-20-11(14-9)8-3-5-19-6-8/h3,5-7,10H,1-2,4H2,(H,17,18)/t10-/m1/s1. The Kier molecular flexibility index (Phi) is 3.27. The highest BCUT2D eigenvalue weighted by molar-refractivity contribution is 7.13. The summed E-state index contributed by atoms with van der Waals surface area (Å²) in [6, 6.07) is 1.03. The van der Waals surface area contributed by atoms with Gasteiger partial charge in [0.2, 0.25) is 0 Å². The maximum Gasteiger partial charge on any atom is 0.326 e. The third-order valence-corrected chi connectivity index (χ3v) is 4.18. The summed E-state index contributed by atoms with van der Waals surface area (Å²) in [6.45, 7) is 0.467. The number of carboxylic acids is 1. The van der Waals surface area contributed by atoms with Gasteiger partial charge in [0.25, 0.3) is 5.91 Å². The van der Waals surface area contributed by atoms with Crippen molar-refractivity contribution in [2.24, 2.45) is 0 Å². The Hall–Kier alpha value is -2.15. The fraction of sp³-hybridized carbons (Fsp3) is 0.308. The summed E-state index contributed by atoms with van der Waals surface area (Å²) in [5.41, 5.74) is 1.10. The summed E-state index contributed by atoms with van der Waals surface area (Å²) in [5.74, 6) is -1.28. The van der Waals surface area contributed by atoms with Gasteiger partial charge in [0.15, 0.2) is 0 Å². The predicted molar refractivity (Wildman–Crippen MR) is 71.5 cm³/mol. The van der Waals surface area contributed by atoms with Crippen LogP contribution >= 0.6 is 11.3 Å². The Morgan fingerprint density at radius 1 is 1.50 bits per heavy atom. The van der Waals surface area contributed by atoms with Gasteiger partial charge >= 0.3 is 5.97 Å². The first kappa shape index (κ1) is 12.9. The highest BCUT2D eigenvalue weighted by atomic mass is 32.1. The molecule has 6 nitrogen and oxygen atoms in total. The number of nitrogens with zero attached hydrogens (tertiary/aromatic N) is 2. The van der Waals surface area contributed by atoms with Crippen LogP contribution in [0.4, 0.5) is 0 Å². The van der Waals surface area contributed by atoms with Crippen molar-refractivity contribution in [3.05, 3.63) is 29.7 Å². The molecule has 1 amide bonds. The van der Waals surface area contributed by atoms with Gasteiger partial charge in [-0.3, -0.25) is 4.79 Å². The molecular weight excluding hydrogens is 280 g/mol. The lowest BCUT2D eigenvalue weighted by atomic mass is 10.2. The average molecular weight is 292 g/mol. The van der Waals surface area contributed by atoms with Gasteiger partial charge in [-0.1, -0.05) is 0 Å². The van der Waals surface area contributed by atoms with Crippen LogP contribution in [-0.2, 0) is 4.79 Å². The molecule has 0 unspecified atom stereocenters. The average Bonchev–Trinajstić information content (AvgIpc) is 3.17.